The third kappa shape index (κ3) is 3.63. The van der Waals surface area contributed by atoms with Crippen molar-refractivity contribution in [2.45, 2.75) is 63.6 Å². The molecule has 1 aromatic carbocycles. The van der Waals surface area contributed by atoms with Crippen molar-refractivity contribution in [1.82, 2.24) is 4.90 Å². The number of carboxylic acids is 1. The first-order chi connectivity index (χ1) is 12.6. The molecule has 5 heteroatoms. The normalized spacial score (nSPS) is 26.1. The van der Waals surface area contributed by atoms with Crippen LogP contribution in [0.1, 0.15) is 48.8 Å². The average Bonchev–Trinajstić information content (AvgIpc) is 3.31. The van der Waals surface area contributed by atoms with Crippen molar-refractivity contribution in [2.24, 2.45) is 5.92 Å². The van der Waals surface area contributed by atoms with E-state index < -0.39 is 12.1 Å². The summed E-state index contributed by atoms with van der Waals surface area (Å²) in [6, 6.07) is 6.51. The number of aliphatic carboxylic acids is 1. The fourth-order valence-corrected chi connectivity index (χ4v) is 4.73. The lowest BCUT2D eigenvalue weighted by Crippen LogP contribution is -2.42. The lowest BCUT2D eigenvalue weighted by molar-refractivity contribution is -0.151. The molecule has 1 aliphatic carbocycles. The van der Waals surface area contributed by atoms with E-state index in [0.717, 1.165) is 44.3 Å². The monoisotopic (exact) mass is 357 g/mol. The Morgan fingerprint density at radius 2 is 1.85 bits per heavy atom. The zero-order valence-electron chi connectivity index (χ0n) is 15.2. The van der Waals surface area contributed by atoms with Crippen molar-refractivity contribution >= 4 is 11.9 Å². The van der Waals surface area contributed by atoms with E-state index in [1.54, 1.807) is 0 Å². The molecule has 0 spiro atoms. The average molecular weight is 357 g/mol. The minimum atomic E-state index is -0.852. The Morgan fingerprint density at radius 3 is 2.58 bits per heavy atom. The largest absolute Gasteiger partial charge is 0.479 e. The van der Waals surface area contributed by atoms with Gasteiger partial charge in [0.2, 0.25) is 5.91 Å². The van der Waals surface area contributed by atoms with Crippen LogP contribution in [0.25, 0.3) is 0 Å². The number of nitrogens with zero attached hydrogens (tertiary/aromatic N) is 1. The third-order valence-electron chi connectivity index (χ3n) is 6.26. The number of fused-ring (bicyclic) bond motifs is 1. The predicted octanol–water partition coefficient (Wildman–Crippen LogP) is 2.59. The van der Waals surface area contributed by atoms with Gasteiger partial charge in [0.05, 0.1) is 12.5 Å². The molecular weight excluding hydrogens is 330 g/mol. The molecule has 2 aliphatic heterocycles. The number of rotatable bonds is 4. The van der Waals surface area contributed by atoms with Crippen molar-refractivity contribution in [2.75, 3.05) is 13.1 Å². The van der Waals surface area contributed by atoms with E-state index in [4.69, 9.17) is 9.84 Å². The number of carbonyl (C=O) groups is 2. The highest BCUT2D eigenvalue weighted by Crippen LogP contribution is 2.32. The Kier molecular flexibility index (Phi) is 4.98. The summed E-state index contributed by atoms with van der Waals surface area (Å²) in [5, 5.41) is 9.06. The number of piperidine rings is 1. The standard InChI is InChI=1S/C21H27NO4/c23-20(13-14-4-5-15-2-1-3-17(15)12-14)22-10-8-16(9-11-22)18-6-7-19(26-18)21(24)25/h4-5,12,16,18-19H,1-3,6-11,13H2,(H,24,25)/t18-,19+/m0/s1. The first-order valence-electron chi connectivity index (χ1n) is 9.87. The molecule has 2 heterocycles. The molecule has 2 atom stereocenters. The molecule has 0 radical (unpaired) electrons. The third-order valence-corrected chi connectivity index (χ3v) is 6.26. The van der Waals surface area contributed by atoms with Gasteiger partial charge in [0, 0.05) is 13.1 Å². The molecule has 3 aliphatic rings. The predicted molar refractivity (Wildman–Crippen MR) is 97.0 cm³/mol. The van der Waals surface area contributed by atoms with Gasteiger partial charge in [-0.15, -0.1) is 0 Å². The van der Waals surface area contributed by atoms with E-state index >= 15 is 0 Å². The molecule has 0 aromatic heterocycles. The minimum absolute atomic E-state index is 0.0464. The molecule has 26 heavy (non-hydrogen) atoms. The fraction of sp³-hybridized carbons (Fsp3) is 0.619. The molecule has 5 nitrogen and oxygen atoms in total. The van der Waals surface area contributed by atoms with Crippen molar-refractivity contribution in [1.29, 1.82) is 0 Å². The summed E-state index contributed by atoms with van der Waals surface area (Å²) in [5.74, 6) is -0.269. The molecule has 4 rings (SSSR count). The van der Waals surface area contributed by atoms with Gasteiger partial charge in [-0.2, -0.15) is 0 Å². The van der Waals surface area contributed by atoms with Gasteiger partial charge in [0.1, 0.15) is 0 Å². The van der Waals surface area contributed by atoms with Crippen molar-refractivity contribution in [3.05, 3.63) is 34.9 Å². The maximum atomic E-state index is 12.7. The topological polar surface area (TPSA) is 66.8 Å². The lowest BCUT2D eigenvalue weighted by atomic mass is 9.89. The van der Waals surface area contributed by atoms with Crippen LogP contribution in [0, 0.1) is 5.92 Å². The highest BCUT2D eigenvalue weighted by Gasteiger charge is 2.37. The number of amides is 1. The number of aryl methyl sites for hydroxylation is 2. The summed E-state index contributed by atoms with van der Waals surface area (Å²) in [4.78, 5) is 25.7. The van der Waals surface area contributed by atoms with Gasteiger partial charge < -0.3 is 14.7 Å². The quantitative estimate of drug-likeness (QED) is 0.899. The SMILES string of the molecule is O=C(O)[C@H]1CC[C@@H](C2CCN(C(=O)Cc3ccc4c(c3)CCC4)CC2)O1. The van der Waals surface area contributed by atoms with Crippen LogP contribution in [-0.2, 0) is 33.6 Å². The molecular formula is C21H27NO4. The number of likely N-dealkylation sites (tertiary alicyclic amines) is 1. The number of hydrogen-bond donors (Lipinski definition) is 1. The number of carboxylic acid groups (broad SMARTS) is 1. The number of ether oxygens (including phenoxy) is 1. The van der Waals surface area contributed by atoms with Crippen LogP contribution in [0.2, 0.25) is 0 Å². The summed E-state index contributed by atoms with van der Waals surface area (Å²) >= 11 is 0. The summed E-state index contributed by atoms with van der Waals surface area (Å²) in [6.07, 6.45) is 6.68. The van der Waals surface area contributed by atoms with Crippen LogP contribution in [0.3, 0.4) is 0 Å². The molecule has 1 amide bonds. The molecule has 0 saturated carbocycles. The first-order valence-corrected chi connectivity index (χ1v) is 9.87. The van der Waals surface area contributed by atoms with Crippen LogP contribution in [0.5, 0.6) is 0 Å². The molecule has 1 N–H and O–H groups in total. The van der Waals surface area contributed by atoms with Gasteiger partial charge in [-0.1, -0.05) is 18.2 Å². The maximum Gasteiger partial charge on any atom is 0.332 e. The van der Waals surface area contributed by atoms with Gasteiger partial charge in [0.15, 0.2) is 6.10 Å². The summed E-state index contributed by atoms with van der Waals surface area (Å²) < 4.78 is 5.69. The van der Waals surface area contributed by atoms with Crippen molar-refractivity contribution in [3.8, 4) is 0 Å². The van der Waals surface area contributed by atoms with Crippen LogP contribution < -0.4 is 0 Å². The fourth-order valence-electron chi connectivity index (χ4n) is 4.73. The second kappa shape index (κ2) is 7.39. The van der Waals surface area contributed by atoms with Gasteiger partial charge in [-0.3, -0.25) is 4.79 Å². The number of carbonyl (C=O) groups excluding carboxylic acids is 1. The van der Waals surface area contributed by atoms with Crippen LogP contribution >= 0.6 is 0 Å². The van der Waals surface area contributed by atoms with E-state index in [1.165, 1.54) is 24.0 Å². The lowest BCUT2D eigenvalue weighted by Gasteiger charge is -2.34. The molecule has 140 valence electrons. The highest BCUT2D eigenvalue weighted by atomic mass is 16.5. The first kappa shape index (κ1) is 17.5. The smallest absolute Gasteiger partial charge is 0.332 e. The summed E-state index contributed by atoms with van der Waals surface area (Å²) in [5.41, 5.74) is 3.99. The van der Waals surface area contributed by atoms with Crippen molar-refractivity contribution < 1.29 is 19.4 Å². The molecule has 1 aromatic rings. The van der Waals surface area contributed by atoms with E-state index in [0.29, 0.717) is 18.8 Å². The van der Waals surface area contributed by atoms with Gasteiger partial charge in [-0.05, 0) is 67.6 Å². The van der Waals surface area contributed by atoms with E-state index in [2.05, 4.69) is 18.2 Å². The molecule has 2 fully saturated rings. The van der Waals surface area contributed by atoms with Crippen LogP contribution in [0.4, 0.5) is 0 Å². The van der Waals surface area contributed by atoms with Gasteiger partial charge in [-0.25, -0.2) is 4.79 Å². The second-order valence-electron chi connectivity index (χ2n) is 7.93. The second-order valence-corrected chi connectivity index (χ2v) is 7.93. The summed E-state index contributed by atoms with van der Waals surface area (Å²) in [7, 11) is 0. The van der Waals surface area contributed by atoms with E-state index in [9.17, 15) is 9.59 Å². The maximum absolute atomic E-state index is 12.7. The van der Waals surface area contributed by atoms with Gasteiger partial charge >= 0.3 is 5.97 Å². The van der Waals surface area contributed by atoms with Gasteiger partial charge in [0.25, 0.3) is 0 Å². The number of hydrogen-bond acceptors (Lipinski definition) is 3. The summed E-state index contributed by atoms with van der Waals surface area (Å²) in [6.45, 7) is 1.51. The Bertz CT molecular complexity index is 693. The van der Waals surface area contributed by atoms with Crippen molar-refractivity contribution in [3.63, 3.8) is 0 Å². The van der Waals surface area contributed by atoms with E-state index in [1.807, 2.05) is 4.90 Å². The minimum Gasteiger partial charge on any atom is -0.479 e. The zero-order valence-corrected chi connectivity index (χ0v) is 15.2. The van der Waals surface area contributed by atoms with E-state index in [-0.39, 0.29) is 12.0 Å². The molecule has 0 bridgehead atoms. The Morgan fingerprint density at radius 1 is 1.08 bits per heavy atom. The Labute approximate surface area is 154 Å². The molecule has 2 saturated heterocycles. The van der Waals surface area contributed by atoms with Crippen LogP contribution in [-0.4, -0.2) is 47.2 Å². The zero-order chi connectivity index (χ0) is 18.1. The number of benzene rings is 1. The molecule has 0 unspecified atom stereocenters. The Hall–Kier alpha value is -1.88. The van der Waals surface area contributed by atoms with Crippen LogP contribution in [0.15, 0.2) is 18.2 Å². The highest BCUT2D eigenvalue weighted by molar-refractivity contribution is 5.79. The Balaban J connectivity index is 1.28.